The molecule has 1 aromatic carbocycles. The summed E-state index contributed by atoms with van der Waals surface area (Å²) in [6.45, 7) is 3.94. The summed E-state index contributed by atoms with van der Waals surface area (Å²) in [5, 5.41) is 0.888. The molecule has 0 fully saturated rings. The molecular formula is C16H17NO3. The second-order valence-electron chi connectivity index (χ2n) is 5.53. The average Bonchev–Trinajstić information content (AvgIpc) is 2.43. The first-order chi connectivity index (χ1) is 9.43. The number of ether oxygens (including phenoxy) is 2. The zero-order valence-corrected chi connectivity index (χ0v) is 12.1. The molecule has 0 saturated heterocycles. The molecule has 0 spiro atoms. The van der Waals surface area contributed by atoms with E-state index in [1.807, 2.05) is 44.2 Å². The number of benzene rings is 1. The van der Waals surface area contributed by atoms with Crippen LogP contribution in [-0.2, 0) is 7.05 Å². The van der Waals surface area contributed by atoms with Gasteiger partial charge in [-0.05, 0) is 44.2 Å². The highest BCUT2D eigenvalue weighted by molar-refractivity contribution is 5.90. The molecule has 2 heterocycles. The van der Waals surface area contributed by atoms with E-state index in [1.54, 1.807) is 18.7 Å². The lowest BCUT2D eigenvalue weighted by molar-refractivity contribution is 0.161. The summed E-state index contributed by atoms with van der Waals surface area (Å²) in [6.07, 6.45) is 3.75. The van der Waals surface area contributed by atoms with Crippen LogP contribution >= 0.6 is 0 Å². The van der Waals surface area contributed by atoms with E-state index in [9.17, 15) is 4.79 Å². The van der Waals surface area contributed by atoms with Crippen molar-refractivity contribution >= 4 is 17.0 Å². The SMILES string of the molecule is COc1ccc2c(c1)c1c(c(=O)n2C)C=CC(C)(C)O1. The second kappa shape index (κ2) is 4.13. The molecule has 0 N–H and O–H groups in total. The number of nitrogens with zero attached hydrogens (tertiary/aromatic N) is 1. The molecule has 104 valence electrons. The number of hydrogen-bond donors (Lipinski definition) is 0. The minimum atomic E-state index is -0.421. The Morgan fingerprint density at radius 1 is 1.30 bits per heavy atom. The Kier molecular flexibility index (Phi) is 2.64. The maximum atomic E-state index is 12.4. The molecule has 20 heavy (non-hydrogen) atoms. The molecule has 3 rings (SSSR count). The molecule has 0 atom stereocenters. The van der Waals surface area contributed by atoms with Gasteiger partial charge in [0.2, 0.25) is 0 Å². The summed E-state index contributed by atoms with van der Waals surface area (Å²) in [6, 6.07) is 5.63. The highest BCUT2D eigenvalue weighted by Gasteiger charge is 2.26. The van der Waals surface area contributed by atoms with Crippen molar-refractivity contribution in [2.24, 2.45) is 7.05 Å². The van der Waals surface area contributed by atoms with Crippen molar-refractivity contribution in [2.75, 3.05) is 7.11 Å². The molecule has 0 saturated carbocycles. The monoisotopic (exact) mass is 271 g/mol. The van der Waals surface area contributed by atoms with E-state index in [4.69, 9.17) is 9.47 Å². The number of aryl methyl sites for hydroxylation is 1. The fourth-order valence-corrected chi connectivity index (χ4v) is 2.49. The molecule has 0 bridgehead atoms. The van der Waals surface area contributed by atoms with Crippen LogP contribution in [0.1, 0.15) is 19.4 Å². The maximum Gasteiger partial charge on any atom is 0.261 e. The summed E-state index contributed by atoms with van der Waals surface area (Å²) in [5.74, 6) is 1.38. The molecule has 0 aliphatic carbocycles. The van der Waals surface area contributed by atoms with E-state index in [1.165, 1.54) is 0 Å². The minimum absolute atomic E-state index is 0.0515. The Morgan fingerprint density at radius 3 is 2.75 bits per heavy atom. The van der Waals surface area contributed by atoms with Crippen LogP contribution in [0.25, 0.3) is 17.0 Å². The van der Waals surface area contributed by atoms with Crippen molar-refractivity contribution < 1.29 is 9.47 Å². The van der Waals surface area contributed by atoms with Crippen LogP contribution < -0.4 is 15.0 Å². The molecule has 2 aromatic rings. The van der Waals surface area contributed by atoms with Gasteiger partial charge in [-0.3, -0.25) is 4.79 Å². The summed E-state index contributed by atoms with van der Waals surface area (Å²) in [4.78, 5) is 12.4. The lowest BCUT2D eigenvalue weighted by atomic mass is 10.0. The average molecular weight is 271 g/mol. The van der Waals surface area contributed by atoms with E-state index >= 15 is 0 Å². The van der Waals surface area contributed by atoms with Gasteiger partial charge >= 0.3 is 0 Å². The largest absolute Gasteiger partial charge is 0.497 e. The fourth-order valence-electron chi connectivity index (χ4n) is 2.49. The van der Waals surface area contributed by atoms with Crippen LogP contribution in [0.3, 0.4) is 0 Å². The summed E-state index contributed by atoms with van der Waals surface area (Å²) < 4.78 is 12.9. The smallest absolute Gasteiger partial charge is 0.261 e. The minimum Gasteiger partial charge on any atom is -0.497 e. The standard InChI is InChI=1S/C16H17NO3/c1-16(2)8-7-11-14(20-16)12-9-10(19-4)5-6-13(12)17(3)15(11)18/h5-9H,1-4H3. The summed E-state index contributed by atoms with van der Waals surface area (Å²) in [5.41, 5.74) is 0.952. The van der Waals surface area contributed by atoms with Crippen LogP contribution in [0.4, 0.5) is 0 Å². The van der Waals surface area contributed by atoms with Crippen molar-refractivity contribution in [3.63, 3.8) is 0 Å². The van der Waals surface area contributed by atoms with Crippen molar-refractivity contribution in [3.8, 4) is 11.5 Å². The molecule has 4 heteroatoms. The third kappa shape index (κ3) is 1.80. The maximum absolute atomic E-state index is 12.4. The van der Waals surface area contributed by atoms with Crippen LogP contribution in [0, 0.1) is 0 Å². The number of pyridine rings is 1. The van der Waals surface area contributed by atoms with Gasteiger partial charge in [-0.25, -0.2) is 0 Å². The van der Waals surface area contributed by atoms with Crippen molar-refractivity contribution in [1.29, 1.82) is 0 Å². The second-order valence-corrected chi connectivity index (χ2v) is 5.53. The van der Waals surface area contributed by atoms with Crippen molar-refractivity contribution in [2.45, 2.75) is 19.4 Å². The predicted molar refractivity (Wildman–Crippen MR) is 79.5 cm³/mol. The first kappa shape index (κ1) is 12.8. The van der Waals surface area contributed by atoms with Crippen LogP contribution in [0.5, 0.6) is 11.5 Å². The van der Waals surface area contributed by atoms with E-state index < -0.39 is 5.60 Å². The summed E-state index contributed by atoms with van der Waals surface area (Å²) in [7, 11) is 3.39. The Hall–Kier alpha value is -2.23. The Balaban J connectivity index is 2.43. The third-order valence-corrected chi connectivity index (χ3v) is 3.61. The van der Waals surface area contributed by atoms with Gasteiger partial charge in [-0.1, -0.05) is 0 Å². The van der Waals surface area contributed by atoms with E-state index in [-0.39, 0.29) is 5.56 Å². The number of rotatable bonds is 1. The van der Waals surface area contributed by atoms with Gasteiger partial charge in [-0.2, -0.15) is 0 Å². The molecule has 4 nitrogen and oxygen atoms in total. The number of methoxy groups -OCH3 is 1. The first-order valence-electron chi connectivity index (χ1n) is 6.52. The molecule has 1 aliphatic heterocycles. The fraction of sp³-hybridized carbons (Fsp3) is 0.312. The van der Waals surface area contributed by atoms with Crippen molar-refractivity contribution in [3.05, 3.63) is 40.2 Å². The van der Waals surface area contributed by atoms with Crippen molar-refractivity contribution in [1.82, 2.24) is 4.57 Å². The topological polar surface area (TPSA) is 40.5 Å². The molecule has 0 unspecified atom stereocenters. The van der Waals surface area contributed by atoms with E-state index in [0.29, 0.717) is 11.3 Å². The Bertz CT molecular complexity index is 784. The zero-order chi connectivity index (χ0) is 14.5. The number of aromatic nitrogens is 1. The van der Waals surface area contributed by atoms with Gasteiger partial charge in [0.25, 0.3) is 5.56 Å². The number of fused-ring (bicyclic) bond motifs is 3. The summed E-state index contributed by atoms with van der Waals surface area (Å²) >= 11 is 0. The van der Waals surface area contributed by atoms with Gasteiger partial charge in [-0.15, -0.1) is 0 Å². The molecule has 1 aliphatic rings. The number of hydrogen-bond acceptors (Lipinski definition) is 3. The van der Waals surface area contributed by atoms with Crippen LogP contribution in [-0.4, -0.2) is 17.3 Å². The van der Waals surface area contributed by atoms with E-state index in [2.05, 4.69) is 0 Å². The van der Waals surface area contributed by atoms with Gasteiger partial charge < -0.3 is 14.0 Å². The molecule has 1 aromatic heterocycles. The lowest BCUT2D eigenvalue weighted by Crippen LogP contribution is -2.31. The normalized spacial score (nSPS) is 15.8. The van der Waals surface area contributed by atoms with Gasteiger partial charge in [0.1, 0.15) is 17.1 Å². The van der Waals surface area contributed by atoms with Gasteiger partial charge in [0, 0.05) is 12.4 Å². The first-order valence-corrected chi connectivity index (χ1v) is 6.52. The van der Waals surface area contributed by atoms with Crippen LogP contribution in [0.2, 0.25) is 0 Å². The van der Waals surface area contributed by atoms with E-state index in [0.717, 1.165) is 16.7 Å². The highest BCUT2D eigenvalue weighted by atomic mass is 16.5. The van der Waals surface area contributed by atoms with Gasteiger partial charge in [0.15, 0.2) is 0 Å². The predicted octanol–water partition coefficient (Wildman–Crippen LogP) is 2.73. The van der Waals surface area contributed by atoms with Gasteiger partial charge in [0.05, 0.1) is 18.2 Å². The van der Waals surface area contributed by atoms with Crippen LogP contribution in [0.15, 0.2) is 29.1 Å². The zero-order valence-electron chi connectivity index (χ0n) is 12.1. The lowest BCUT2D eigenvalue weighted by Gasteiger charge is -2.29. The highest BCUT2D eigenvalue weighted by Crippen LogP contribution is 2.36. The molecular weight excluding hydrogens is 254 g/mol. The molecule has 0 amide bonds. The molecule has 0 radical (unpaired) electrons. The third-order valence-electron chi connectivity index (χ3n) is 3.61. The quantitative estimate of drug-likeness (QED) is 0.800. The Labute approximate surface area is 117 Å². The Morgan fingerprint density at radius 2 is 2.05 bits per heavy atom.